The second kappa shape index (κ2) is 9.30. The van der Waals surface area contributed by atoms with E-state index < -0.39 is 0 Å². The summed E-state index contributed by atoms with van der Waals surface area (Å²) in [7, 11) is 2.74. The molecule has 0 atom stereocenters. The first-order valence-corrected chi connectivity index (χ1v) is 9.18. The third kappa shape index (κ3) is 4.65. The number of hydrogen-bond acceptors (Lipinski definition) is 5. The van der Waals surface area contributed by atoms with Crippen LogP contribution >= 0.6 is 11.3 Å². The van der Waals surface area contributed by atoms with Crippen molar-refractivity contribution in [2.45, 2.75) is 26.2 Å². The molecule has 0 spiro atoms. The average Bonchev–Trinajstić information content (AvgIpc) is 3.05. The Balaban J connectivity index is 0.00000109. The molecule has 0 aliphatic carbocycles. The number of rotatable bonds is 5. The highest BCUT2D eigenvalue weighted by molar-refractivity contribution is 7.19. The highest BCUT2D eigenvalue weighted by atomic mass is 32.1. The Morgan fingerprint density at radius 3 is 2.72 bits per heavy atom. The average molecular weight is 356 g/mol. The second-order valence-corrected chi connectivity index (χ2v) is 6.82. The molecule has 0 fully saturated rings. The number of fused-ring (bicyclic) bond motifs is 1. The predicted octanol–water partition coefficient (Wildman–Crippen LogP) is 4.55. The molecule has 0 bridgehead atoms. The van der Waals surface area contributed by atoms with Gasteiger partial charge in [-0.25, -0.2) is 4.98 Å². The first-order chi connectivity index (χ1) is 12.2. The van der Waals surface area contributed by atoms with Crippen LogP contribution in [0, 0.1) is 0 Å². The molecule has 0 aliphatic rings. The van der Waals surface area contributed by atoms with E-state index in [0.29, 0.717) is 5.82 Å². The van der Waals surface area contributed by atoms with Crippen LogP contribution < -0.4 is 5.73 Å². The van der Waals surface area contributed by atoms with Crippen molar-refractivity contribution in [3.8, 4) is 11.1 Å². The number of nitrogen functional groups attached to an aromatic ring is 1. The summed E-state index contributed by atoms with van der Waals surface area (Å²) in [5, 5.41) is 8.32. The van der Waals surface area contributed by atoms with Crippen LogP contribution in [-0.2, 0) is 6.42 Å². The van der Waals surface area contributed by atoms with E-state index in [9.17, 15) is 0 Å². The summed E-state index contributed by atoms with van der Waals surface area (Å²) in [6.45, 7) is 2.23. The molecule has 2 heterocycles. The van der Waals surface area contributed by atoms with Crippen molar-refractivity contribution in [2.75, 3.05) is 19.9 Å². The van der Waals surface area contributed by atoms with Gasteiger partial charge in [0.1, 0.15) is 5.82 Å². The minimum atomic E-state index is 0.512. The lowest BCUT2D eigenvalue weighted by atomic mass is 10.0. The number of benzene rings is 1. The molecule has 0 saturated carbocycles. The molecule has 3 aromatic rings. The zero-order valence-electron chi connectivity index (χ0n) is 15.0. The molecule has 2 aromatic heterocycles. The third-order valence-electron chi connectivity index (χ3n) is 3.90. The smallest absolute Gasteiger partial charge is 0.132 e. The number of hydrogen-bond donors (Lipinski definition) is 2. The zero-order valence-corrected chi connectivity index (χ0v) is 15.8. The van der Waals surface area contributed by atoms with Gasteiger partial charge in [-0.1, -0.05) is 25.5 Å². The number of pyridine rings is 1. The lowest BCUT2D eigenvalue weighted by Crippen LogP contribution is -1.97. The van der Waals surface area contributed by atoms with Crippen LogP contribution in [0.4, 0.5) is 5.82 Å². The lowest BCUT2D eigenvalue weighted by molar-refractivity contribution is 0.399. The predicted molar refractivity (Wildman–Crippen MR) is 110 cm³/mol. The lowest BCUT2D eigenvalue weighted by Gasteiger charge is -2.05. The monoisotopic (exact) mass is 355 g/mol. The molecule has 1 aromatic carbocycles. The Morgan fingerprint density at radius 2 is 2.00 bits per heavy atom. The quantitative estimate of drug-likeness (QED) is 0.660. The summed E-state index contributed by atoms with van der Waals surface area (Å²) in [6, 6.07) is 11.0. The fourth-order valence-corrected chi connectivity index (χ4v) is 3.78. The number of aliphatic hydroxyl groups is 1. The van der Waals surface area contributed by atoms with Crippen LogP contribution in [0.25, 0.3) is 21.2 Å². The summed E-state index contributed by atoms with van der Waals surface area (Å²) in [4.78, 5) is 9.80. The SMILES string of the molecule is CCCCc1cc2ccc(-c3cnc(N)c(C=NC)c3)cc2s1.CO. The van der Waals surface area contributed by atoms with Crippen molar-refractivity contribution in [3.05, 3.63) is 47.0 Å². The van der Waals surface area contributed by atoms with Gasteiger partial charge in [0.05, 0.1) is 0 Å². The molecule has 0 unspecified atom stereocenters. The number of anilines is 1. The molecule has 4 nitrogen and oxygen atoms in total. The maximum absolute atomic E-state index is 7.00. The Labute approximate surface area is 153 Å². The van der Waals surface area contributed by atoms with Crippen LogP contribution in [0.5, 0.6) is 0 Å². The van der Waals surface area contributed by atoms with E-state index >= 15 is 0 Å². The minimum Gasteiger partial charge on any atom is -0.400 e. The molecule has 0 radical (unpaired) electrons. The minimum absolute atomic E-state index is 0.512. The van der Waals surface area contributed by atoms with Crippen molar-refractivity contribution in [2.24, 2.45) is 4.99 Å². The highest BCUT2D eigenvalue weighted by Gasteiger charge is 2.07. The Kier molecular flexibility index (Phi) is 7.10. The van der Waals surface area contributed by atoms with Crippen LogP contribution in [0.1, 0.15) is 30.2 Å². The van der Waals surface area contributed by atoms with Crippen LogP contribution in [-0.4, -0.2) is 30.5 Å². The molecule has 25 heavy (non-hydrogen) atoms. The van der Waals surface area contributed by atoms with Crippen LogP contribution in [0.3, 0.4) is 0 Å². The third-order valence-corrected chi connectivity index (χ3v) is 5.06. The molecule has 5 heteroatoms. The van der Waals surface area contributed by atoms with Gasteiger partial charge in [-0.05, 0) is 42.0 Å². The number of aryl methyl sites for hydroxylation is 1. The van der Waals surface area contributed by atoms with Crippen molar-refractivity contribution in [1.82, 2.24) is 4.98 Å². The van der Waals surface area contributed by atoms with Gasteiger partial charge in [-0.2, -0.15) is 0 Å². The number of aromatic nitrogens is 1. The van der Waals surface area contributed by atoms with Crippen molar-refractivity contribution >= 4 is 33.5 Å². The molecule has 0 aliphatic heterocycles. The molecule has 3 rings (SSSR count). The fraction of sp³-hybridized carbons (Fsp3) is 0.300. The number of nitrogens with zero attached hydrogens (tertiary/aromatic N) is 2. The fourth-order valence-electron chi connectivity index (χ4n) is 2.63. The van der Waals surface area contributed by atoms with Crippen LogP contribution in [0.2, 0.25) is 0 Å². The summed E-state index contributed by atoms with van der Waals surface area (Å²) in [5.74, 6) is 0.512. The van der Waals surface area contributed by atoms with Gasteiger partial charge < -0.3 is 10.8 Å². The zero-order chi connectivity index (χ0) is 18.2. The number of nitrogens with two attached hydrogens (primary N) is 1. The molecule has 0 saturated heterocycles. The van der Waals surface area contributed by atoms with Gasteiger partial charge in [0.2, 0.25) is 0 Å². The summed E-state index contributed by atoms with van der Waals surface area (Å²) in [6.07, 6.45) is 7.23. The first kappa shape index (κ1) is 19.1. The van der Waals surface area contributed by atoms with E-state index in [4.69, 9.17) is 10.8 Å². The summed E-state index contributed by atoms with van der Waals surface area (Å²) >= 11 is 1.89. The van der Waals surface area contributed by atoms with Crippen molar-refractivity contribution in [1.29, 1.82) is 0 Å². The van der Waals surface area contributed by atoms with Crippen LogP contribution in [0.15, 0.2) is 41.5 Å². The largest absolute Gasteiger partial charge is 0.400 e. The van der Waals surface area contributed by atoms with Gasteiger partial charge in [0.15, 0.2) is 0 Å². The topological polar surface area (TPSA) is 71.5 Å². The first-order valence-electron chi connectivity index (χ1n) is 8.36. The van der Waals surface area contributed by atoms with Gasteiger partial charge >= 0.3 is 0 Å². The Hall–Kier alpha value is -2.24. The maximum atomic E-state index is 7.00. The maximum Gasteiger partial charge on any atom is 0.132 e. The number of thiophene rings is 1. The van der Waals surface area contributed by atoms with E-state index in [0.717, 1.165) is 18.2 Å². The van der Waals surface area contributed by atoms with Gasteiger partial charge in [-0.15, -0.1) is 11.3 Å². The van der Waals surface area contributed by atoms with E-state index in [1.165, 1.54) is 39.8 Å². The number of unbranched alkanes of at least 4 members (excludes halogenated alkanes) is 1. The van der Waals surface area contributed by atoms with Gasteiger partial charge in [0.25, 0.3) is 0 Å². The van der Waals surface area contributed by atoms with E-state index in [-0.39, 0.29) is 0 Å². The van der Waals surface area contributed by atoms with Gasteiger partial charge in [0, 0.05) is 47.3 Å². The molecule has 3 N–H and O–H groups in total. The Bertz CT molecular complexity index is 855. The standard InChI is InChI=1S/C19H21N3S.CH4O/c1-3-4-5-17-9-14-7-6-13(10-18(14)23-17)15-8-16(11-21-2)19(20)22-12-15;1-2/h6-12H,3-5H2,1-2H3,(H2,20,22);2H,1H3. The molecular formula is C20H25N3OS. The summed E-state index contributed by atoms with van der Waals surface area (Å²) < 4.78 is 1.33. The van der Waals surface area contributed by atoms with Gasteiger partial charge in [-0.3, -0.25) is 4.99 Å². The van der Waals surface area contributed by atoms with Crippen molar-refractivity contribution < 1.29 is 5.11 Å². The highest BCUT2D eigenvalue weighted by Crippen LogP contribution is 2.31. The van der Waals surface area contributed by atoms with Crippen molar-refractivity contribution in [3.63, 3.8) is 0 Å². The number of aliphatic imine (C=N–C) groups is 1. The summed E-state index contributed by atoms with van der Waals surface area (Å²) in [5.41, 5.74) is 8.99. The second-order valence-electron chi connectivity index (χ2n) is 5.65. The van der Waals surface area contributed by atoms with E-state index in [1.54, 1.807) is 13.3 Å². The normalized spacial score (nSPS) is 10.9. The van der Waals surface area contributed by atoms with E-state index in [1.807, 2.05) is 23.6 Å². The molecular weight excluding hydrogens is 330 g/mol. The van der Waals surface area contributed by atoms with E-state index in [2.05, 4.69) is 41.2 Å². The molecule has 0 amide bonds. The molecule has 132 valence electrons. The number of aliphatic hydroxyl groups excluding tert-OH is 1. The Morgan fingerprint density at radius 1 is 1.20 bits per heavy atom.